The third-order valence-corrected chi connectivity index (χ3v) is 4.75. The fourth-order valence-corrected chi connectivity index (χ4v) is 2.87. The predicted octanol–water partition coefficient (Wildman–Crippen LogP) is 2.25. The number of benzene rings is 1. The maximum atomic E-state index is 12.4. The highest BCUT2D eigenvalue weighted by Crippen LogP contribution is 2.27. The van der Waals surface area contributed by atoms with Crippen LogP contribution in [0.5, 0.6) is 5.88 Å². The number of nitrogens with zero attached hydrogens (tertiary/aromatic N) is 3. The van der Waals surface area contributed by atoms with Gasteiger partial charge in [-0.15, -0.1) is 0 Å². The van der Waals surface area contributed by atoms with Crippen molar-refractivity contribution in [1.82, 2.24) is 14.6 Å². The Balaban J connectivity index is 1.98. The van der Waals surface area contributed by atoms with Crippen molar-refractivity contribution >= 4 is 29.5 Å². The number of hydrazone groups is 1. The number of rotatable bonds is 2. The van der Waals surface area contributed by atoms with E-state index in [9.17, 15) is 9.90 Å². The minimum Gasteiger partial charge on any atom is -0.494 e. The number of hydrogen-bond acceptors (Lipinski definition) is 5. The van der Waals surface area contributed by atoms with E-state index >= 15 is 0 Å². The lowest BCUT2D eigenvalue weighted by atomic mass is 10.00. The summed E-state index contributed by atoms with van der Waals surface area (Å²) >= 11 is 11.0. The van der Waals surface area contributed by atoms with E-state index in [2.05, 4.69) is 10.5 Å². The molecule has 0 bridgehead atoms. The highest BCUT2D eigenvalue weighted by Gasteiger charge is 2.27. The summed E-state index contributed by atoms with van der Waals surface area (Å²) in [6.07, 6.45) is 0.487. The first-order chi connectivity index (χ1) is 10.9. The maximum absolute atomic E-state index is 12.4. The molecule has 0 saturated carbocycles. The molecule has 23 heavy (non-hydrogen) atoms. The molecule has 0 spiro atoms. The van der Waals surface area contributed by atoms with E-state index in [1.807, 2.05) is 12.1 Å². The molecule has 0 amide bonds. The molecule has 1 aromatic carbocycles. The predicted molar refractivity (Wildman–Crippen MR) is 91.6 cm³/mol. The van der Waals surface area contributed by atoms with Gasteiger partial charge in [0, 0.05) is 25.5 Å². The molecule has 1 atom stereocenters. The van der Waals surface area contributed by atoms with E-state index in [0.717, 1.165) is 5.56 Å². The zero-order valence-electron chi connectivity index (χ0n) is 12.6. The molecule has 0 radical (unpaired) electrons. The summed E-state index contributed by atoms with van der Waals surface area (Å²) < 4.78 is 2.96. The molecule has 6 nitrogen and oxygen atoms in total. The number of aromatic hydroxyl groups is 1. The Morgan fingerprint density at radius 2 is 1.96 bits per heavy atom. The summed E-state index contributed by atoms with van der Waals surface area (Å²) in [4.78, 5) is 12.4. The fourth-order valence-electron chi connectivity index (χ4n) is 2.57. The second kappa shape index (κ2) is 5.82. The highest BCUT2D eigenvalue weighted by molar-refractivity contribution is 7.71. The van der Waals surface area contributed by atoms with E-state index in [0.29, 0.717) is 17.2 Å². The summed E-state index contributed by atoms with van der Waals surface area (Å²) in [6.45, 7) is 0. The molecule has 2 heterocycles. The summed E-state index contributed by atoms with van der Waals surface area (Å²) in [5.41, 5.74) is 4.33. The van der Waals surface area contributed by atoms with Crippen LogP contribution < -0.4 is 11.0 Å². The molecule has 3 rings (SSSR count). The van der Waals surface area contributed by atoms with E-state index in [4.69, 9.17) is 23.8 Å². The normalized spacial score (nSPS) is 17.0. The lowest BCUT2D eigenvalue weighted by Crippen LogP contribution is -2.28. The van der Waals surface area contributed by atoms with Crippen LogP contribution in [0.4, 0.5) is 0 Å². The Labute approximate surface area is 142 Å². The standard InChI is InChI=1S/C15H15ClN4O2S/c1-19-13(21)12(14(22)20(2)15(19)23)11-7-10(17-18-11)8-3-5-9(16)6-4-8/h3-6,10,17,21H,7H2,1-2H3. The Bertz CT molecular complexity index is 915. The Morgan fingerprint density at radius 3 is 2.61 bits per heavy atom. The van der Waals surface area contributed by atoms with Gasteiger partial charge in [0.2, 0.25) is 5.88 Å². The topological polar surface area (TPSA) is 71.6 Å². The van der Waals surface area contributed by atoms with Crippen LogP contribution in [0.1, 0.15) is 23.6 Å². The minimum atomic E-state index is -0.358. The van der Waals surface area contributed by atoms with Crippen LogP contribution in [-0.4, -0.2) is 20.0 Å². The van der Waals surface area contributed by atoms with Gasteiger partial charge in [-0.2, -0.15) is 5.10 Å². The molecule has 1 unspecified atom stereocenters. The molecule has 0 saturated heterocycles. The number of nitrogens with one attached hydrogen (secondary N) is 1. The molecule has 120 valence electrons. The number of aromatic nitrogens is 2. The molecular weight excluding hydrogens is 336 g/mol. The van der Waals surface area contributed by atoms with Gasteiger partial charge in [0.1, 0.15) is 5.56 Å². The van der Waals surface area contributed by atoms with Crippen LogP contribution in [0, 0.1) is 4.77 Å². The zero-order valence-corrected chi connectivity index (χ0v) is 14.1. The van der Waals surface area contributed by atoms with Gasteiger partial charge in [0.05, 0.1) is 11.8 Å². The first kappa shape index (κ1) is 15.8. The average molecular weight is 351 g/mol. The van der Waals surface area contributed by atoms with Gasteiger partial charge in [-0.3, -0.25) is 13.9 Å². The molecule has 2 aromatic rings. The van der Waals surface area contributed by atoms with Crippen molar-refractivity contribution < 1.29 is 5.11 Å². The van der Waals surface area contributed by atoms with Crippen LogP contribution >= 0.6 is 23.8 Å². The SMILES string of the molecule is Cn1c(O)c(C2=NNC(c3ccc(Cl)cc3)C2)c(=O)n(C)c1=S. The molecule has 8 heteroatoms. The van der Waals surface area contributed by atoms with Gasteiger partial charge >= 0.3 is 0 Å². The van der Waals surface area contributed by atoms with Crippen LogP contribution in [0.15, 0.2) is 34.2 Å². The van der Waals surface area contributed by atoms with Crippen molar-refractivity contribution in [2.75, 3.05) is 0 Å². The van der Waals surface area contributed by atoms with Gasteiger partial charge in [0.15, 0.2) is 4.77 Å². The van der Waals surface area contributed by atoms with Crippen LogP contribution in [-0.2, 0) is 14.1 Å². The summed E-state index contributed by atoms with van der Waals surface area (Å²) in [7, 11) is 3.19. The van der Waals surface area contributed by atoms with Gasteiger partial charge < -0.3 is 10.5 Å². The zero-order chi connectivity index (χ0) is 16.7. The van der Waals surface area contributed by atoms with Gasteiger partial charge in [-0.05, 0) is 29.9 Å². The summed E-state index contributed by atoms with van der Waals surface area (Å²) in [5, 5.41) is 15.2. The van der Waals surface area contributed by atoms with Crippen LogP contribution in [0.3, 0.4) is 0 Å². The lowest BCUT2D eigenvalue weighted by Gasteiger charge is -2.12. The number of hydrogen-bond donors (Lipinski definition) is 2. The fraction of sp³-hybridized carbons (Fsp3) is 0.267. The van der Waals surface area contributed by atoms with E-state index < -0.39 is 0 Å². The van der Waals surface area contributed by atoms with Gasteiger partial charge in [-0.1, -0.05) is 23.7 Å². The average Bonchev–Trinajstić information content (AvgIpc) is 3.01. The molecule has 2 N–H and O–H groups in total. The van der Waals surface area contributed by atoms with Gasteiger partial charge in [0.25, 0.3) is 5.56 Å². The maximum Gasteiger partial charge on any atom is 0.267 e. The van der Waals surface area contributed by atoms with Crippen molar-refractivity contribution in [1.29, 1.82) is 0 Å². The minimum absolute atomic E-state index is 0.0696. The molecular formula is C15H15ClN4O2S. The second-order valence-corrected chi connectivity index (χ2v) is 6.20. The lowest BCUT2D eigenvalue weighted by molar-refractivity contribution is 0.414. The molecule has 1 aliphatic rings. The van der Waals surface area contributed by atoms with Gasteiger partial charge in [-0.25, -0.2) is 0 Å². The van der Waals surface area contributed by atoms with Crippen molar-refractivity contribution in [3.63, 3.8) is 0 Å². The highest BCUT2D eigenvalue weighted by atomic mass is 35.5. The van der Waals surface area contributed by atoms with E-state index in [1.165, 1.54) is 9.13 Å². The van der Waals surface area contributed by atoms with Crippen molar-refractivity contribution in [3.8, 4) is 5.88 Å². The van der Waals surface area contributed by atoms with E-state index in [1.54, 1.807) is 26.2 Å². The number of halogens is 1. The second-order valence-electron chi connectivity index (χ2n) is 5.40. The summed E-state index contributed by atoms with van der Waals surface area (Å²) in [5.74, 6) is -0.171. The monoisotopic (exact) mass is 350 g/mol. The third kappa shape index (κ3) is 2.66. The summed E-state index contributed by atoms with van der Waals surface area (Å²) in [6, 6.07) is 7.35. The molecule has 1 aliphatic heterocycles. The Kier molecular flexibility index (Phi) is 3.99. The quantitative estimate of drug-likeness (QED) is 0.815. The smallest absolute Gasteiger partial charge is 0.267 e. The molecule has 0 aliphatic carbocycles. The Hall–Kier alpha value is -2.12. The van der Waals surface area contributed by atoms with Crippen molar-refractivity contribution in [2.45, 2.75) is 12.5 Å². The van der Waals surface area contributed by atoms with E-state index in [-0.39, 0.29) is 27.8 Å². The first-order valence-corrected chi connectivity index (χ1v) is 7.75. The van der Waals surface area contributed by atoms with Crippen molar-refractivity contribution in [2.24, 2.45) is 19.2 Å². The largest absolute Gasteiger partial charge is 0.494 e. The first-order valence-electron chi connectivity index (χ1n) is 6.97. The Morgan fingerprint density at radius 1 is 1.30 bits per heavy atom. The van der Waals surface area contributed by atoms with Crippen LogP contribution in [0.25, 0.3) is 0 Å². The molecule has 1 aromatic heterocycles. The molecule has 0 fully saturated rings. The van der Waals surface area contributed by atoms with Crippen LogP contribution in [0.2, 0.25) is 5.02 Å². The third-order valence-electron chi connectivity index (χ3n) is 3.95. The van der Waals surface area contributed by atoms with Crippen molar-refractivity contribution in [3.05, 3.63) is 55.5 Å².